The van der Waals surface area contributed by atoms with Crippen molar-refractivity contribution in [3.8, 4) is 0 Å². The molecule has 2 amide bonds. The molecule has 1 aromatic heterocycles. The van der Waals surface area contributed by atoms with Crippen molar-refractivity contribution >= 4 is 29.3 Å². The summed E-state index contributed by atoms with van der Waals surface area (Å²) < 4.78 is 2.09. The van der Waals surface area contributed by atoms with Gasteiger partial charge < -0.3 is 5.32 Å². The zero-order chi connectivity index (χ0) is 20.2. The number of carbonyl (C=O) groups is 1. The fourth-order valence-corrected chi connectivity index (χ4v) is 3.71. The van der Waals surface area contributed by atoms with E-state index in [9.17, 15) is 4.79 Å². The van der Waals surface area contributed by atoms with Gasteiger partial charge in [0.05, 0.1) is 6.54 Å². The number of amides is 2. The van der Waals surface area contributed by atoms with Gasteiger partial charge in [-0.2, -0.15) is 0 Å². The highest BCUT2D eigenvalue weighted by Crippen LogP contribution is 2.24. The Hall–Kier alpha value is -2.86. The Kier molecular flexibility index (Phi) is 5.81. The number of urea groups is 1. The minimum absolute atomic E-state index is 0.241. The Labute approximate surface area is 175 Å². The molecule has 0 bridgehead atoms. The summed E-state index contributed by atoms with van der Waals surface area (Å²) in [6, 6.07) is 14.9. The van der Waals surface area contributed by atoms with E-state index in [0.29, 0.717) is 23.2 Å². The number of fused-ring (bicyclic) bond motifs is 1. The van der Waals surface area contributed by atoms with Crippen molar-refractivity contribution in [2.75, 3.05) is 10.2 Å². The van der Waals surface area contributed by atoms with Crippen LogP contribution in [0.4, 0.5) is 16.4 Å². The predicted octanol–water partition coefficient (Wildman–Crippen LogP) is 5.21. The van der Waals surface area contributed by atoms with Crippen LogP contribution < -0.4 is 10.2 Å². The number of halogens is 1. The molecule has 1 N–H and O–H groups in total. The Balaban J connectivity index is 1.67. The minimum Gasteiger partial charge on any atom is -0.307 e. The molecule has 0 radical (unpaired) electrons. The molecular formula is C22H24ClN5O. The lowest BCUT2D eigenvalue weighted by Crippen LogP contribution is -2.37. The van der Waals surface area contributed by atoms with E-state index in [-0.39, 0.29) is 6.03 Å². The van der Waals surface area contributed by atoms with E-state index in [0.717, 1.165) is 49.2 Å². The van der Waals surface area contributed by atoms with E-state index in [1.165, 1.54) is 0 Å². The van der Waals surface area contributed by atoms with Crippen LogP contribution in [0.5, 0.6) is 0 Å². The lowest BCUT2D eigenvalue weighted by atomic mass is 10.1. The first-order valence-electron chi connectivity index (χ1n) is 9.92. The first-order valence-corrected chi connectivity index (χ1v) is 10.3. The molecule has 0 atom stereocenters. The number of carbonyl (C=O) groups excluding carboxylic acids is 1. The van der Waals surface area contributed by atoms with E-state index < -0.39 is 0 Å². The van der Waals surface area contributed by atoms with E-state index in [4.69, 9.17) is 11.6 Å². The molecule has 2 heterocycles. The molecule has 0 spiro atoms. The van der Waals surface area contributed by atoms with Crippen LogP contribution in [0.15, 0.2) is 48.5 Å². The zero-order valence-electron chi connectivity index (χ0n) is 16.4. The van der Waals surface area contributed by atoms with Gasteiger partial charge in [-0.25, -0.2) is 4.79 Å². The number of hydrogen-bond acceptors (Lipinski definition) is 3. The summed E-state index contributed by atoms with van der Waals surface area (Å²) in [7, 11) is 0. The first kappa shape index (κ1) is 19.5. The second-order valence-electron chi connectivity index (χ2n) is 7.33. The van der Waals surface area contributed by atoms with Gasteiger partial charge in [-0.1, -0.05) is 42.3 Å². The number of hydrogen-bond donors (Lipinski definition) is 1. The summed E-state index contributed by atoms with van der Waals surface area (Å²) in [4.78, 5) is 15.0. The summed E-state index contributed by atoms with van der Waals surface area (Å²) in [6.45, 7) is 3.30. The van der Waals surface area contributed by atoms with Crippen molar-refractivity contribution in [3.63, 3.8) is 0 Å². The Morgan fingerprint density at radius 3 is 2.69 bits per heavy atom. The number of nitrogens with zero attached hydrogens (tertiary/aromatic N) is 4. The lowest BCUT2D eigenvalue weighted by Gasteiger charge is -2.23. The maximum atomic E-state index is 13.3. The van der Waals surface area contributed by atoms with Crippen molar-refractivity contribution < 1.29 is 4.79 Å². The van der Waals surface area contributed by atoms with Gasteiger partial charge in [0.1, 0.15) is 5.82 Å². The average molecular weight is 410 g/mol. The minimum atomic E-state index is -0.241. The number of aryl methyl sites for hydroxylation is 2. The van der Waals surface area contributed by atoms with Crippen LogP contribution in [0.3, 0.4) is 0 Å². The SMILES string of the molecule is Cc1ccccc1CN(C(=O)Nc1ccc(Cl)cc1)c1nnc2n1CCCCC2. The quantitative estimate of drug-likeness (QED) is 0.643. The Morgan fingerprint density at radius 1 is 1.10 bits per heavy atom. The predicted molar refractivity (Wildman–Crippen MR) is 115 cm³/mol. The maximum Gasteiger partial charge on any atom is 0.329 e. The third-order valence-electron chi connectivity index (χ3n) is 5.26. The largest absolute Gasteiger partial charge is 0.329 e. The second-order valence-corrected chi connectivity index (χ2v) is 7.76. The molecule has 150 valence electrons. The van der Waals surface area contributed by atoms with E-state index in [1.54, 1.807) is 29.2 Å². The zero-order valence-corrected chi connectivity index (χ0v) is 17.2. The Morgan fingerprint density at radius 2 is 1.90 bits per heavy atom. The molecule has 2 aromatic carbocycles. The molecular weight excluding hydrogens is 386 g/mol. The van der Waals surface area contributed by atoms with Crippen LogP contribution >= 0.6 is 11.6 Å². The summed E-state index contributed by atoms with van der Waals surface area (Å²) in [5.41, 5.74) is 2.89. The smallest absolute Gasteiger partial charge is 0.307 e. The molecule has 29 heavy (non-hydrogen) atoms. The molecule has 3 aromatic rings. The van der Waals surface area contributed by atoms with Gasteiger partial charge in [0, 0.05) is 23.7 Å². The second kappa shape index (κ2) is 8.66. The number of aromatic nitrogens is 3. The molecule has 0 fully saturated rings. The molecule has 1 aliphatic heterocycles. The van der Waals surface area contributed by atoms with Gasteiger partial charge >= 0.3 is 6.03 Å². The highest BCUT2D eigenvalue weighted by Gasteiger charge is 2.25. The number of anilines is 2. The lowest BCUT2D eigenvalue weighted by molar-refractivity contribution is 0.256. The summed E-state index contributed by atoms with van der Waals surface area (Å²) in [6.07, 6.45) is 4.23. The molecule has 0 aliphatic carbocycles. The van der Waals surface area contributed by atoms with Crippen molar-refractivity contribution in [2.24, 2.45) is 0 Å². The fourth-order valence-electron chi connectivity index (χ4n) is 3.58. The highest BCUT2D eigenvalue weighted by atomic mass is 35.5. The number of benzene rings is 2. The standard InChI is InChI=1S/C22H24ClN5O/c1-16-7-4-5-8-17(16)15-28(22(29)24-19-12-10-18(23)11-13-19)21-26-25-20-9-3-2-6-14-27(20)21/h4-5,7-8,10-13H,2-3,6,9,14-15H2,1H3,(H,24,29). The van der Waals surface area contributed by atoms with Gasteiger partial charge in [0.15, 0.2) is 0 Å². The third kappa shape index (κ3) is 4.43. The Bertz CT molecular complexity index is 999. The van der Waals surface area contributed by atoms with Crippen LogP contribution in [0.2, 0.25) is 5.02 Å². The average Bonchev–Trinajstić information content (AvgIpc) is 2.96. The van der Waals surface area contributed by atoms with Crippen molar-refractivity contribution in [2.45, 2.75) is 45.7 Å². The summed E-state index contributed by atoms with van der Waals surface area (Å²) in [5, 5.41) is 12.4. The van der Waals surface area contributed by atoms with Gasteiger partial charge in [-0.15, -0.1) is 10.2 Å². The van der Waals surface area contributed by atoms with Crippen LogP contribution in [0.25, 0.3) is 0 Å². The molecule has 4 rings (SSSR count). The molecule has 6 nitrogen and oxygen atoms in total. The normalized spacial score (nSPS) is 13.4. The summed E-state index contributed by atoms with van der Waals surface area (Å²) in [5.74, 6) is 1.54. The first-order chi connectivity index (χ1) is 14.1. The van der Waals surface area contributed by atoms with Crippen LogP contribution in [0.1, 0.15) is 36.2 Å². The molecule has 0 unspecified atom stereocenters. The van der Waals surface area contributed by atoms with Crippen molar-refractivity contribution in [1.82, 2.24) is 14.8 Å². The number of nitrogens with one attached hydrogen (secondary N) is 1. The molecule has 1 aliphatic rings. The van der Waals surface area contributed by atoms with Gasteiger partial charge in [0.2, 0.25) is 5.95 Å². The van der Waals surface area contributed by atoms with E-state index >= 15 is 0 Å². The van der Waals surface area contributed by atoms with E-state index in [2.05, 4.69) is 33.1 Å². The van der Waals surface area contributed by atoms with Crippen LogP contribution in [0, 0.1) is 6.92 Å². The third-order valence-corrected chi connectivity index (χ3v) is 5.51. The van der Waals surface area contributed by atoms with Crippen molar-refractivity contribution in [1.29, 1.82) is 0 Å². The van der Waals surface area contributed by atoms with Gasteiger partial charge in [-0.3, -0.25) is 9.47 Å². The summed E-state index contributed by atoms with van der Waals surface area (Å²) >= 11 is 5.97. The van der Waals surface area contributed by atoms with Gasteiger partial charge in [0.25, 0.3) is 0 Å². The fraction of sp³-hybridized carbons (Fsp3) is 0.318. The highest BCUT2D eigenvalue weighted by molar-refractivity contribution is 6.30. The molecule has 7 heteroatoms. The van der Waals surface area contributed by atoms with Crippen LogP contribution in [-0.4, -0.2) is 20.8 Å². The number of rotatable bonds is 4. The van der Waals surface area contributed by atoms with Gasteiger partial charge in [-0.05, 0) is 55.2 Å². The van der Waals surface area contributed by atoms with E-state index in [1.807, 2.05) is 18.2 Å². The van der Waals surface area contributed by atoms with Crippen LogP contribution in [-0.2, 0) is 19.5 Å². The molecule has 0 saturated carbocycles. The molecule has 0 saturated heterocycles. The monoisotopic (exact) mass is 409 g/mol. The topological polar surface area (TPSA) is 63.1 Å². The maximum absolute atomic E-state index is 13.3. The van der Waals surface area contributed by atoms with Crippen molar-refractivity contribution in [3.05, 3.63) is 70.5 Å².